The second kappa shape index (κ2) is 7.59. The second-order valence-corrected chi connectivity index (χ2v) is 5.56. The number of primary sulfonamides is 1. The number of carbonyl (C=O) groups excluding carboxylic acids is 1. The van der Waals surface area contributed by atoms with Crippen LogP contribution in [0.15, 0.2) is 0 Å². The fraction of sp³-hybridized carbons (Fsp3) is 0.889. The SMILES string of the molecule is CCCC(N)CC(=O)NCCCS(N)(=O)=O. The molecule has 6 nitrogen and oxygen atoms in total. The van der Waals surface area contributed by atoms with Crippen LogP contribution in [0, 0.1) is 0 Å². The highest BCUT2D eigenvalue weighted by Gasteiger charge is 2.08. The van der Waals surface area contributed by atoms with E-state index < -0.39 is 10.0 Å². The lowest BCUT2D eigenvalue weighted by Gasteiger charge is -2.10. The lowest BCUT2D eigenvalue weighted by Crippen LogP contribution is -2.33. The van der Waals surface area contributed by atoms with Crippen molar-refractivity contribution in [1.82, 2.24) is 5.32 Å². The summed E-state index contributed by atoms with van der Waals surface area (Å²) in [5, 5.41) is 7.42. The molecular formula is C9H21N3O3S. The third-order valence-corrected chi connectivity index (χ3v) is 2.89. The zero-order valence-corrected chi connectivity index (χ0v) is 10.4. The Morgan fingerprint density at radius 1 is 1.44 bits per heavy atom. The maximum Gasteiger partial charge on any atom is 0.221 e. The van der Waals surface area contributed by atoms with Gasteiger partial charge in [0.1, 0.15) is 0 Å². The Morgan fingerprint density at radius 2 is 2.06 bits per heavy atom. The number of carbonyl (C=O) groups is 1. The average molecular weight is 251 g/mol. The van der Waals surface area contributed by atoms with Crippen molar-refractivity contribution in [1.29, 1.82) is 0 Å². The molecule has 0 bridgehead atoms. The monoisotopic (exact) mass is 251 g/mol. The van der Waals surface area contributed by atoms with Gasteiger partial charge in [0.25, 0.3) is 0 Å². The van der Waals surface area contributed by atoms with Crippen LogP contribution in [-0.2, 0) is 14.8 Å². The predicted molar refractivity (Wildman–Crippen MR) is 63.1 cm³/mol. The molecule has 7 heteroatoms. The minimum absolute atomic E-state index is 0.117. The largest absolute Gasteiger partial charge is 0.356 e. The average Bonchev–Trinajstić information content (AvgIpc) is 2.11. The molecule has 1 amide bonds. The molecule has 0 spiro atoms. The quantitative estimate of drug-likeness (QED) is 0.495. The van der Waals surface area contributed by atoms with E-state index in [2.05, 4.69) is 5.32 Å². The smallest absolute Gasteiger partial charge is 0.221 e. The summed E-state index contributed by atoms with van der Waals surface area (Å²) in [6, 6.07) is -0.122. The number of amides is 1. The highest BCUT2D eigenvalue weighted by molar-refractivity contribution is 7.89. The Kier molecular flexibility index (Phi) is 7.27. The Labute approximate surface area is 96.8 Å². The second-order valence-electron chi connectivity index (χ2n) is 3.82. The first kappa shape index (κ1) is 15.3. The topological polar surface area (TPSA) is 115 Å². The van der Waals surface area contributed by atoms with E-state index in [0.717, 1.165) is 12.8 Å². The van der Waals surface area contributed by atoms with Gasteiger partial charge in [0.05, 0.1) is 5.75 Å². The van der Waals surface area contributed by atoms with Crippen molar-refractivity contribution in [3.8, 4) is 0 Å². The summed E-state index contributed by atoms with van der Waals surface area (Å²) in [6.45, 7) is 2.32. The molecule has 1 atom stereocenters. The number of rotatable bonds is 8. The molecule has 0 saturated heterocycles. The van der Waals surface area contributed by atoms with E-state index in [1.54, 1.807) is 0 Å². The van der Waals surface area contributed by atoms with E-state index in [1.807, 2.05) is 6.92 Å². The van der Waals surface area contributed by atoms with Gasteiger partial charge in [-0.3, -0.25) is 4.79 Å². The summed E-state index contributed by atoms with van der Waals surface area (Å²) in [5.74, 6) is -0.260. The van der Waals surface area contributed by atoms with Gasteiger partial charge in [-0.05, 0) is 12.8 Å². The normalized spacial score (nSPS) is 13.4. The summed E-state index contributed by atoms with van der Waals surface area (Å²) in [5.41, 5.74) is 5.68. The minimum Gasteiger partial charge on any atom is -0.356 e. The van der Waals surface area contributed by atoms with Gasteiger partial charge in [-0.15, -0.1) is 0 Å². The molecule has 0 aromatic rings. The Morgan fingerprint density at radius 3 is 2.56 bits per heavy atom. The number of sulfonamides is 1. The van der Waals surface area contributed by atoms with Gasteiger partial charge in [-0.2, -0.15) is 0 Å². The first-order valence-corrected chi connectivity index (χ1v) is 7.09. The molecule has 0 fully saturated rings. The van der Waals surface area contributed by atoms with Gasteiger partial charge < -0.3 is 11.1 Å². The molecule has 0 rings (SSSR count). The van der Waals surface area contributed by atoms with Crippen LogP contribution in [0.3, 0.4) is 0 Å². The van der Waals surface area contributed by atoms with E-state index in [1.165, 1.54) is 0 Å². The molecule has 0 saturated carbocycles. The maximum absolute atomic E-state index is 11.3. The molecular weight excluding hydrogens is 230 g/mol. The van der Waals surface area contributed by atoms with E-state index in [4.69, 9.17) is 10.9 Å². The van der Waals surface area contributed by atoms with Crippen LogP contribution in [-0.4, -0.2) is 32.7 Å². The van der Waals surface area contributed by atoms with E-state index in [9.17, 15) is 13.2 Å². The molecule has 0 heterocycles. The van der Waals surface area contributed by atoms with Crippen molar-refractivity contribution in [2.45, 2.75) is 38.6 Å². The van der Waals surface area contributed by atoms with Crippen LogP contribution >= 0.6 is 0 Å². The van der Waals surface area contributed by atoms with Gasteiger partial charge in [-0.1, -0.05) is 13.3 Å². The molecule has 0 radical (unpaired) electrons. The van der Waals surface area contributed by atoms with E-state index >= 15 is 0 Å². The van der Waals surface area contributed by atoms with E-state index in [0.29, 0.717) is 13.0 Å². The predicted octanol–water partition coefficient (Wildman–Crippen LogP) is -0.701. The number of nitrogens with one attached hydrogen (secondary N) is 1. The van der Waals surface area contributed by atoms with Crippen molar-refractivity contribution in [2.75, 3.05) is 12.3 Å². The molecule has 0 aromatic heterocycles. The third-order valence-electron chi connectivity index (χ3n) is 2.03. The van der Waals surface area contributed by atoms with Gasteiger partial charge in [0, 0.05) is 19.0 Å². The number of hydrogen-bond acceptors (Lipinski definition) is 4. The number of hydrogen-bond donors (Lipinski definition) is 3. The molecule has 0 aromatic carbocycles. The lowest BCUT2D eigenvalue weighted by atomic mass is 10.1. The van der Waals surface area contributed by atoms with Gasteiger partial charge in [-0.25, -0.2) is 13.6 Å². The minimum atomic E-state index is -3.43. The summed E-state index contributed by atoms with van der Waals surface area (Å²) >= 11 is 0. The van der Waals surface area contributed by atoms with Gasteiger partial charge in [0.2, 0.25) is 15.9 Å². The first-order valence-electron chi connectivity index (χ1n) is 5.38. The maximum atomic E-state index is 11.3. The first-order chi connectivity index (χ1) is 7.35. The molecule has 0 aliphatic heterocycles. The van der Waals surface area contributed by atoms with Crippen molar-refractivity contribution in [3.05, 3.63) is 0 Å². The summed E-state index contributed by atoms with van der Waals surface area (Å²) in [6.07, 6.45) is 2.36. The Hall–Kier alpha value is -0.660. The third kappa shape index (κ3) is 9.88. The van der Waals surface area contributed by atoms with Crippen LogP contribution in [0.4, 0.5) is 0 Å². The molecule has 5 N–H and O–H groups in total. The fourth-order valence-electron chi connectivity index (χ4n) is 1.28. The molecule has 96 valence electrons. The summed E-state index contributed by atoms with van der Waals surface area (Å²) in [4.78, 5) is 11.3. The highest BCUT2D eigenvalue weighted by atomic mass is 32.2. The van der Waals surface area contributed by atoms with Gasteiger partial charge >= 0.3 is 0 Å². The fourth-order valence-corrected chi connectivity index (χ4v) is 1.83. The van der Waals surface area contributed by atoms with Crippen molar-refractivity contribution < 1.29 is 13.2 Å². The summed E-state index contributed by atoms with van der Waals surface area (Å²) in [7, 11) is -3.43. The Balaban J connectivity index is 3.59. The van der Waals surface area contributed by atoms with Crippen LogP contribution in [0.5, 0.6) is 0 Å². The van der Waals surface area contributed by atoms with Crippen LogP contribution in [0.25, 0.3) is 0 Å². The lowest BCUT2D eigenvalue weighted by molar-refractivity contribution is -0.121. The molecule has 0 aliphatic rings. The van der Waals surface area contributed by atoms with Crippen LogP contribution in [0.1, 0.15) is 32.6 Å². The van der Waals surface area contributed by atoms with Crippen LogP contribution < -0.4 is 16.2 Å². The summed E-state index contributed by atoms with van der Waals surface area (Å²) < 4.78 is 21.2. The van der Waals surface area contributed by atoms with E-state index in [-0.39, 0.29) is 24.1 Å². The van der Waals surface area contributed by atoms with Gasteiger partial charge in [0.15, 0.2) is 0 Å². The van der Waals surface area contributed by atoms with Crippen LogP contribution in [0.2, 0.25) is 0 Å². The zero-order chi connectivity index (χ0) is 12.6. The Bertz CT molecular complexity index is 303. The molecule has 16 heavy (non-hydrogen) atoms. The van der Waals surface area contributed by atoms with Crippen molar-refractivity contribution in [2.24, 2.45) is 10.9 Å². The zero-order valence-electron chi connectivity index (χ0n) is 9.61. The van der Waals surface area contributed by atoms with Crippen molar-refractivity contribution in [3.63, 3.8) is 0 Å². The standard InChI is InChI=1S/C9H21N3O3S/c1-2-4-8(10)7-9(13)12-5-3-6-16(11,14)15/h8H,2-7,10H2,1H3,(H,12,13)(H2,11,14,15). The molecule has 1 unspecified atom stereocenters. The number of nitrogens with two attached hydrogens (primary N) is 2. The van der Waals surface area contributed by atoms with Crippen molar-refractivity contribution >= 4 is 15.9 Å². The molecule has 0 aliphatic carbocycles. The highest BCUT2D eigenvalue weighted by Crippen LogP contribution is 1.97.